The van der Waals surface area contributed by atoms with Crippen molar-refractivity contribution in [3.8, 4) is 0 Å². The standard InChI is InChI=1S/C35H38N2O3/c1-24(31-17-9-13-27-12-6-7-16-32(27)31)36-30-15-8-14-29(23-30)26-18-20-28(21-19-26)34(38)37-33(35(39)40-2)22-25-10-4-3-5-11-25/h3-7,9-13,16-21,24,29-30,33,36H,8,14-15,22-23H2,1-2H3,(H,37,38)/t24-,29+,30+,33-/m1/s1. The second-order valence-corrected chi connectivity index (χ2v) is 10.9. The van der Waals surface area contributed by atoms with Gasteiger partial charge in [-0.15, -0.1) is 0 Å². The number of carbonyl (C=O) groups is 2. The van der Waals surface area contributed by atoms with E-state index in [-0.39, 0.29) is 11.9 Å². The summed E-state index contributed by atoms with van der Waals surface area (Å²) in [5.41, 5.74) is 4.10. The van der Waals surface area contributed by atoms with Crippen molar-refractivity contribution in [3.05, 3.63) is 119 Å². The number of hydrogen-bond acceptors (Lipinski definition) is 4. The number of fused-ring (bicyclic) bond motifs is 1. The number of methoxy groups -OCH3 is 1. The first-order valence-corrected chi connectivity index (χ1v) is 14.3. The van der Waals surface area contributed by atoms with Crippen molar-refractivity contribution in [1.82, 2.24) is 10.6 Å². The van der Waals surface area contributed by atoms with E-state index in [0.717, 1.165) is 18.4 Å². The van der Waals surface area contributed by atoms with Crippen LogP contribution in [0.15, 0.2) is 97.1 Å². The molecule has 1 aliphatic rings. The SMILES string of the molecule is COC(=O)[C@@H](Cc1ccccc1)NC(=O)c1ccc([C@H]2CCC[C@H](N[C@H](C)c3cccc4ccccc34)C2)cc1. The third-order valence-corrected chi connectivity index (χ3v) is 8.17. The van der Waals surface area contributed by atoms with E-state index in [4.69, 9.17) is 4.74 Å². The zero-order chi connectivity index (χ0) is 27.9. The molecule has 4 atom stereocenters. The van der Waals surface area contributed by atoms with E-state index in [9.17, 15) is 9.59 Å². The monoisotopic (exact) mass is 534 g/mol. The normalized spacial score (nSPS) is 18.6. The first-order valence-electron chi connectivity index (χ1n) is 14.3. The molecule has 206 valence electrons. The van der Waals surface area contributed by atoms with Crippen molar-refractivity contribution in [2.45, 2.75) is 63.1 Å². The molecule has 0 heterocycles. The van der Waals surface area contributed by atoms with Crippen LogP contribution in [0.25, 0.3) is 10.8 Å². The van der Waals surface area contributed by atoms with E-state index < -0.39 is 12.0 Å². The van der Waals surface area contributed by atoms with Crippen molar-refractivity contribution < 1.29 is 14.3 Å². The average Bonchev–Trinajstić information content (AvgIpc) is 3.00. The highest BCUT2D eigenvalue weighted by molar-refractivity contribution is 5.96. The molecule has 1 saturated carbocycles. The Morgan fingerprint density at radius 3 is 2.38 bits per heavy atom. The maximum Gasteiger partial charge on any atom is 0.328 e. The fourth-order valence-corrected chi connectivity index (χ4v) is 6.05. The van der Waals surface area contributed by atoms with Crippen LogP contribution in [0.5, 0.6) is 0 Å². The highest BCUT2D eigenvalue weighted by atomic mass is 16.5. The molecule has 5 heteroatoms. The number of carbonyl (C=O) groups excluding carboxylic acids is 2. The van der Waals surface area contributed by atoms with Gasteiger partial charge in [-0.25, -0.2) is 4.79 Å². The Bertz CT molecular complexity index is 1430. The van der Waals surface area contributed by atoms with Crippen LogP contribution < -0.4 is 10.6 Å². The minimum absolute atomic E-state index is 0.263. The van der Waals surface area contributed by atoms with Gasteiger partial charge in [-0.2, -0.15) is 0 Å². The van der Waals surface area contributed by atoms with Gasteiger partial charge < -0.3 is 15.4 Å². The molecule has 1 amide bonds. The van der Waals surface area contributed by atoms with Gasteiger partial charge in [0.05, 0.1) is 7.11 Å². The number of rotatable bonds is 9. The molecule has 0 bridgehead atoms. The fourth-order valence-electron chi connectivity index (χ4n) is 6.05. The van der Waals surface area contributed by atoms with Crippen LogP contribution in [0.3, 0.4) is 0 Å². The molecule has 0 aromatic heterocycles. The summed E-state index contributed by atoms with van der Waals surface area (Å²) in [4.78, 5) is 25.4. The smallest absolute Gasteiger partial charge is 0.328 e. The van der Waals surface area contributed by atoms with Crippen LogP contribution in [0.4, 0.5) is 0 Å². The number of hydrogen-bond donors (Lipinski definition) is 2. The molecule has 0 radical (unpaired) electrons. The predicted molar refractivity (Wildman–Crippen MR) is 160 cm³/mol. The van der Waals surface area contributed by atoms with Gasteiger partial charge in [0.15, 0.2) is 0 Å². The Hall–Kier alpha value is -3.96. The summed E-state index contributed by atoms with van der Waals surface area (Å²) >= 11 is 0. The Morgan fingerprint density at radius 2 is 1.60 bits per heavy atom. The van der Waals surface area contributed by atoms with Crippen LogP contribution in [0.2, 0.25) is 0 Å². The number of esters is 1. The van der Waals surface area contributed by atoms with E-state index in [1.807, 2.05) is 42.5 Å². The Balaban J connectivity index is 1.21. The van der Waals surface area contributed by atoms with Crippen LogP contribution in [-0.2, 0) is 16.0 Å². The number of ether oxygens (including phenoxy) is 1. The molecule has 0 saturated heterocycles. The number of amides is 1. The summed E-state index contributed by atoms with van der Waals surface area (Å²) in [5.74, 6) is -0.277. The Labute approximate surface area is 237 Å². The lowest BCUT2D eigenvalue weighted by Crippen LogP contribution is -2.43. The number of nitrogens with one attached hydrogen (secondary N) is 2. The van der Waals surface area contributed by atoms with E-state index in [1.54, 1.807) is 0 Å². The molecule has 4 aromatic carbocycles. The molecular weight excluding hydrogens is 496 g/mol. The zero-order valence-corrected chi connectivity index (χ0v) is 23.3. The largest absolute Gasteiger partial charge is 0.467 e. The molecule has 0 spiro atoms. The van der Waals surface area contributed by atoms with Crippen molar-refractivity contribution >= 4 is 22.6 Å². The Morgan fingerprint density at radius 1 is 0.875 bits per heavy atom. The third-order valence-electron chi connectivity index (χ3n) is 8.17. The van der Waals surface area contributed by atoms with Gasteiger partial charge in [0.1, 0.15) is 6.04 Å². The van der Waals surface area contributed by atoms with Crippen LogP contribution in [-0.4, -0.2) is 31.1 Å². The summed E-state index contributed by atoms with van der Waals surface area (Å²) in [6, 6.07) is 32.6. The lowest BCUT2D eigenvalue weighted by Gasteiger charge is -2.32. The minimum Gasteiger partial charge on any atom is -0.467 e. The second kappa shape index (κ2) is 12.9. The Kier molecular flexibility index (Phi) is 8.92. The summed E-state index contributed by atoms with van der Waals surface area (Å²) in [6.07, 6.45) is 4.94. The molecule has 1 aliphatic carbocycles. The van der Waals surface area contributed by atoms with Crippen molar-refractivity contribution in [2.75, 3.05) is 7.11 Å². The van der Waals surface area contributed by atoms with Crippen LogP contribution >= 0.6 is 0 Å². The molecule has 40 heavy (non-hydrogen) atoms. The molecule has 5 nitrogen and oxygen atoms in total. The highest BCUT2D eigenvalue weighted by Crippen LogP contribution is 2.34. The van der Waals surface area contributed by atoms with Gasteiger partial charge >= 0.3 is 5.97 Å². The van der Waals surface area contributed by atoms with E-state index in [2.05, 4.69) is 72.2 Å². The first-order chi connectivity index (χ1) is 19.5. The minimum atomic E-state index is -0.742. The topological polar surface area (TPSA) is 67.4 Å². The lowest BCUT2D eigenvalue weighted by atomic mass is 9.80. The fraction of sp³-hybridized carbons (Fsp3) is 0.314. The molecule has 0 aliphatic heterocycles. The maximum absolute atomic E-state index is 13.0. The molecule has 2 N–H and O–H groups in total. The molecule has 5 rings (SSSR count). The van der Waals surface area contributed by atoms with Gasteiger partial charge in [-0.1, -0.05) is 91.3 Å². The van der Waals surface area contributed by atoms with E-state index in [0.29, 0.717) is 23.9 Å². The summed E-state index contributed by atoms with van der Waals surface area (Å²) in [6.45, 7) is 2.26. The third kappa shape index (κ3) is 6.60. The molecule has 1 fully saturated rings. The quantitative estimate of drug-likeness (QED) is 0.234. The lowest BCUT2D eigenvalue weighted by molar-refractivity contribution is -0.142. The maximum atomic E-state index is 13.0. The van der Waals surface area contributed by atoms with Crippen LogP contribution in [0, 0.1) is 0 Å². The summed E-state index contributed by atoms with van der Waals surface area (Å²) in [7, 11) is 1.34. The molecule has 4 aromatic rings. The van der Waals surface area contributed by atoms with Gasteiger partial charge in [0, 0.05) is 24.1 Å². The summed E-state index contributed by atoms with van der Waals surface area (Å²) < 4.78 is 4.95. The van der Waals surface area contributed by atoms with Gasteiger partial charge in [0.25, 0.3) is 5.91 Å². The van der Waals surface area contributed by atoms with Gasteiger partial charge in [0.2, 0.25) is 0 Å². The van der Waals surface area contributed by atoms with Gasteiger partial charge in [-0.05, 0) is 71.7 Å². The van der Waals surface area contributed by atoms with E-state index in [1.165, 1.54) is 41.9 Å². The number of benzene rings is 4. The van der Waals surface area contributed by atoms with Crippen molar-refractivity contribution in [2.24, 2.45) is 0 Å². The molecular formula is C35H38N2O3. The molecule has 0 unspecified atom stereocenters. The van der Waals surface area contributed by atoms with Crippen molar-refractivity contribution in [3.63, 3.8) is 0 Å². The van der Waals surface area contributed by atoms with Gasteiger partial charge in [-0.3, -0.25) is 4.79 Å². The second-order valence-electron chi connectivity index (χ2n) is 10.9. The van der Waals surface area contributed by atoms with Crippen molar-refractivity contribution in [1.29, 1.82) is 0 Å². The van der Waals surface area contributed by atoms with Crippen LogP contribution in [0.1, 0.15) is 71.6 Å². The highest BCUT2D eigenvalue weighted by Gasteiger charge is 2.26. The average molecular weight is 535 g/mol. The predicted octanol–water partition coefficient (Wildman–Crippen LogP) is 6.73. The zero-order valence-electron chi connectivity index (χ0n) is 23.3. The first kappa shape index (κ1) is 27.6. The van der Waals surface area contributed by atoms with E-state index >= 15 is 0 Å². The summed E-state index contributed by atoms with van der Waals surface area (Å²) in [5, 5.41) is 9.36.